The summed E-state index contributed by atoms with van der Waals surface area (Å²) < 4.78 is 5.13. The fourth-order valence-electron chi connectivity index (χ4n) is 2.67. The molecule has 1 aliphatic rings. The number of ether oxygens (including phenoxy) is 1. The van der Waals surface area contributed by atoms with E-state index in [1.54, 1.807) is 36.8 Å². The number of anilines is 1. The molecule has 7 heteroatoms. The first kappa shape index (κ1) is 15.2. The van der Waals surface area contributed by atoms with Gasteiger partial charge in [0.25, 0.3) is 5.91 Å². The number of pyridine rings is 1. The maximum atomic E-state index is 12.4. The Morgan fingerprint density at radius 2 is 1.87 bits per heavy atom. The molecule has 1 amide bonds. The fraction of sp³-hybridized carbons (Fsp3) is 0.375. The van der Waals surface area contributed by atoms with Crippen molar-refractivity contribution < 1.29 is 9.53 Å². The Bertz CT molecular complexity index is 657. The third-order valence-corrected chi connectivity index (χ3v) is 3.87. The summed E-state index contributed by atoms with van der Waals surface area (Å²) in [4.78, 5) is 27.1. The lowest BCUT2D eigenvalue weighted by Gasteiger charge is -2.32. The van der Waals surface area contributed by atoms with Gasteiger partial charge in [0.15, 0.2) is 0 Å². The Balaban J connectivity index is 1.57. The third-order valence-electron chi connectivity index (χ3n) is 3.87. The van der Waals surface area contributed by atoms with Gasteiger partial charge in [-0.25, -0.2) is 15.0 Å². The van der Waals surface area contributed by atoms with Crippen LogP contribution in [0.5, 0.6) is 5.88 Å². The molecular formula is C16H19N5O2. The van der Waals surface area contributed by atoms with Crippen LogP contribution < -0.4 is 15.0 Å². The van der Waals surface area contributed by atoms with E-state index in [0.29, 0.717) is 11.4 Å². The van der Waals surface area contributed by atoms with E-state index < -0.39 is 0 Å². The molecule has 7 nitrogen and oxygen atoms in total. The SMILES string of the molecule is COc1ncccc1C(=O)NC1CCN(c2ncccn2)CC1. The van der Waals surface area contributed by atoms with Gasteiger partial charge in [-0.1, -0.05) is 0 Å². The van der Waals surface area contributed by atoms with Gasteiger partial charge in [-0.05, 0) is 31.0 Å². The molecule has 0 saturated carbocycles. The molecule has 0 aliphatic carbocycles. The smallest absolute Gasteiger partial charge is 0.256 e. The molecule has 1 fully saturated rings. The lowest BCUT2D eigenvalue weighted by Crippen LogP contribution is -2.45. The van der Waals surface area contributed by atoms with E-state index in [2.05, 4.69) is 25.2 Å². The highest BCUT2D eigenvalue weighted by molar-refractivity contribution is 5.96. The van der Waals surface area contributed by atoms with Gasteiger partial charge in [-0.15, -0.1) is 0 Å². The topological polar surface area (TPSA) is 80.2 Å². The lowest BCUT2D eigenvalue weighted by molar-refractivity contribution is 0.0927. The summed E-state index contributed by atoms with van der Waals surface area (Å²) in [7, 11) is 1.51. The van der Waals surface area contributed by atoms with Gasteiger partial charge in [0.2, 0.25) is 11.8 Å². The van der Waals surface area contributed by atoms with Gasteiger partial charge in [-0.2, -0.15) is 0 Å². The molecule has 3 rings (SSSR count). The monoisotopic (exact) mass is 313 g/mol. The number of hydrogen-bond acceptors (Lipinski definition) is 6. The van der Waals surface area contributed by atoms with E-state index in [9.17, 15) is 4.79 Å². The average molecular weight is 313 g/mol. The Labute approximate surface area is 134 Å². The summed E-state index contributed by atoms with van der Waals surface area (Å²) in [6.07, 6.45) is 6.79. The summed E-state index contributed by atoms with van der Waals surface area (Å²) in [5.74, 6) is 0.940. The number of carbonyl (C=O) groups excluding carboxylic acids is 1. The average Bonchev–Trinajstić information content (AvgIpc) is 2.63. The van der Waals surface area contributed by atoms with Crippen molar-refractivity contribution in [3.8, 4) is 5.88 Å². The van der Waals surface area contributed by atoms with Crippen LogP contribution in [0, 0.1) is 0 Å². The first-order valence-corrected chi connectivity index (χ1v) is 7.60. The van der Waals surface area contributed by atoms with Crippen LogP contribution >= 0.6 is 0 Å². The van der Waals surface area contributed by atoms with E-state index in [-0.39, 0.29) is 11.9 Å². The Morgan fingerprint density at radius 3 is 2.57 bits per heavy atom. The number of nitrogens with one attached hydrogen (secondary N) is 1. The maximum absolute atomic E-state index is 12.4. The molecule has 0 radical (unpaired) electrons. The van der Waals surface area contributed by atoms with Crippen molar-refractivity contribution in [3.63, 3.8) is 0 Å². The molecule has 0 unspecified atom stereocenters. The number of piperidine rings is 1. The first-order valence-electron chi connectivity index (χ1n) is 7.60. The largest absolute Gasteiger partial charge is 0.480 e. The fourth-order valence-corrected chi connectivity index (χ4v) is 2.67. The van der Waals surface area contributed by atoms with Gasteiger partial charge in [0, 0.05) is 37.7 Å². The van der Waals surface area contributed by atoms with Crippen molar-refractivity contribution in [2.75, 3.05) is 25.1 Å². The predicted molar refractivity (Wildman–Crippen MR) is 85.5 cm³/mol. The second kappa shape index (κ2) is 7.04. The zero-order valence-electron chi connectivity index (χ0n) is 13.0. The van der Waals surface area contributed by atoms with E-state index in [0.717, 1.165) is 31.9 Å². The highest BCUT2D eigenvalue weighted by Crippen LogP contribution is 2.17. The van der Waals surface area contributed by atoms with Crippen molar-refractivity contribution in [2.45, 2.75) is 18.9 Å². The predicted octanol–water partition coefficient (Wildman–Crippen LogP) is 1.28. The Kier molecular flexibility index (Phi) is 4.65. The van der Waals surface area contributed by atoms with Gasteiger partial charge in [0.1, 0.15) is 5.56 Å². The van der Waals surface area contributed by atoms with Gasteiger partial charge >= 0.3 is 0 Å². The van der Waals surface area contributed by atoms with Crippen LogP contribution in [-0.4, -0.2) is 47.1 Å². The lowest BCUT2D eigenvalue weighted by atomic mass is 10.0. The molecule has 1 aliphatic heterocycles. The molecule has 120 valence electrons. The molecule has 0 spiro atoms. The van der Waals surface area contributed by atoms with Crippen LogP contribution in [-0.2, 0) is 0 Å². The van der Waals surface area contributed by atoms with E-state index >= 15 is 0 Å². The maximum Gasteiger partial charge on any atom is 0.256 e. The minimum Gasteiger partial charge on any atom is -0.480 e. The van der Waals surface area contributed by atoms with Crippen molar-refractivity contribution in [3.05, 3.63) is 42.4 Å². The zero-order chi connectivity index (χ0) is 16.1. The Hall–Kier alpha value is -2.70. The van der Waals surface area contributed by atoms with Gasteiger partial charge < -0.3 is 15.0 Å². The Morgan fingerprint density at radius 1 is 1.17 bits per heavy atom. The molecule has 0 aromatic carbocycles. The second-order valence-corrected chi connectivity index (χ2v) is 5.34. The molecule has 1 saturated heterocycles. The second-order valence-electron chi connectivity index (χ2n) is 5.34. The van der Waals surface area contributed by atoms with Gasteiger partial charge in [0.05, 0.1) is 7.11 Å². The van der Waals surface area contributed by atoms with Crippen LogP contribution in [0.15, 0.2) is 36.8 Å². The van der Waals surface area contributed by atoms with Crippen LogP contribution in [0.3, 0.4) is 0 Å². The van der Waals surface area contributed by atoms with Crippen LogP contribution in [0.1, 0.15) is 23.2 Å². The number of nitrogens with zero attached hydrogens (tertiary/aromatic N) is 4. The first-order chi connectivity index (χ1) is 11.3. The number of hydrogen-bond donors (Lipinski definition) is 1. The van der Waals surface area contributed by atoms with Crippen LogP contribution in [0.25, 0.3) is 0 Å². The zero-order valence-corrected chi connectivity index (χ0v) is 13.0. The quantitative estimate of drug-likeness (QED) is 0.916. The van der Waals surface area contributed by atoms with Crippen molar-refractivity contribution in [1.29, 1.82) is 0 Å². The number of amides is 1. The molecule has 0 atom stereocenters. The molecule has 0 bridgehead atoms. The van der Waals surface area contributed by atoms with E-state index in [1.165, 1.54) is 7.11 Å². The van der Waals surface area contributed by atoms with Crippen LogP contribution in [0.4, 0.5) is 5.95 Å². The molecule has 23 heavy (non-hydrogen) atoms. The molecule has 2 aromatic heterocycles. The van der Waals surface area contributed by atoms with Crippen molar-refractivity contribution in [2.24, 2.45) is 0 Å². The summed E-state index contributed by atoms with van der Waals surface area (Å²) in [5.41, 5.74) is 0.462. The third kappa shape index (κ3) is 3.56. The number of rotatable bonds is 4. The van der Waals surface area contributed by atoms with E-state index in [4.69, 9.17) is 4.74 Å². The highest BCUT2D eigenvalue weighted by atomic mass is 16.5. The molecular weight excluding hydrogens is 294 g/mol. The summed E-state index contributed by atoms with van der Waals surface area (Å²) >= 11 is 0. The summed E-state index contributed by atoms with van der Waals surface area (Å²) in [5, 5.41) is 3.06. The normalized spacial score (nSPS) is 15.3. The number of aromatic nitrogens is 3. The molecule has 3 heterocycles. The number of methoxy groups -OCH3 is 1. The minimum absolute atomic E-state index is 0.132. The summed E-state index contributed by atoms with van der Waals surface area (Å²) in [6, 6.07) is 5.38. The summed E-state index contributed by atoms with van der Waals surface area (Å²) in [6.45, 7) is 1.64. The van der Waals surface area contributed by atoms with Crippen molar-refractivity contribution >= 4 is 11.9 Å². The standard InChI is InChI=1S/C16H19N5O2/c1-23-15-13(4-2-7-17-15)14(22)20-12-5-10-21(11-6-12)16-18-8-3-9-19-16/h2-4,7-9,12H,5-6,10-11H2,1H3,(H,20,22). The van der Waals surface area contributed by atoms with Gasteiger partial charge in [-0.3, -0.25) is 4.79 Å². The van der Waals surface area contributed by atoms with Crippen LogP contribution in [0.2, 0.25) is 0 Å². The molecule has 1 N–H and O–H groups in total. The van der Waals surface area contributed by atoms with E-state index in [1.807, 2.05) is 0 Å². The highest BCUT2D eigenvalue weighted by Gasteiger charge is 2.23. The number of carbonyl (C=O) groups is 1. The molecule has 2 aromatic rings. The van der Waals surface area contributed by atoms with Crippen molar-refractivity contribution in [1.82, 2.24) is 20.3 Å². The minimum atomic E-state index is -0.149.